The molecular formula is C10H10Na2O4. The van der Waals surface area contributed by atoms with Crippen LogP contribution < -0.4 is 0 Å². The Morgan fingerprint density at radius 1 is 1.00 bits per heavy atom. The standard InChI is InChI=1S/C10H8O4.2Na.2H/c1-7(11)9(12)14-10(13)8-5-3-2-4-6-8;;;;/h2-6H,1H3;;;;. The Balaban J connectivity index is 0. The van der Waals surface area contributed by atoms with E-state index in [2.05, 4.69) is 4.74 Å². The van der Waals surface area contributed by atoms with Gasteiger partial charge in [-0.1, -0.05) is 18.2 Å². The number of ketones is 1. The first-order valence-electron chi connectivity index (χ1n) is 3.93. The van der Waals surface area contributed by atoms with Gasteiger partial charge in [-0.3, -0.25) is 4.79 Å². The Bertz CT molecular complexity index is 376. The van der Waals surface area contributed by atoms with E-state index in [4.69, 9.17) is 0 Å². The number of esters is 2. The van der Waals surface area contributed by atoms with Gasteiger partial charge in [-0.05, 0) is 12.1 Å². The summed E-state index contributed by atoms with van der Waals surface area (Å²) in [5.41, 5.74) is 0.238. The number of rotatable bonds is 2. The second-order valence-corrected chi connectivity index (χ2v) is 2.60. The van der Waals surface area contributed by atoms with Gasteiger partial charge in [0.05, 0.1) is 5.56 Å². The van der Waals surface area contributed by atoms with Crippen LogP contribution in [0.3, 0.4) is 0 Å². The Kier molecular flexibility index (Phi) is 10.5. The third-order valence-corrected chi connectivity index (χ3v) is 1.48. The summed E-state index contributed by atoms with van der Waals surface area (Å²) < 4.78 is 4.27. The minimum absolute atomic E-state index is 0. The Morgan fingerprint density at radius 3 is 1.94 bits per heavy atom. The van der Waals surface area contributed by atoms with Crippen molar-refractivity contribution in [1.29, 1.82) is 0 Å². The fraction of sp³-hybridized carbons (Fsp3) is 0.100. The van der Waals surface area contributed by atoms with Gasteiger partial charge < -0.3 is 4.74 Å². The molecule has 0 saturated heterocycles. The van der Waals surface area contributed by atoms with Crippen molar-refractivity contribution in [2.75, 3.05) is 0 Å². The van der Waals surface area contributed by atoms with E-state index in [-0.39, 0.29) is 64.7 Å². The first kappa shape index (κ1) is 18.4. The summed E-state index contributed by atoms with van der Waals surface area (Å²) in [6.07, 6.45) is 0. The molecule has 0 amide bonds. The maximum atomic E-state index is 11.2. The SMILES string of the molecule is CC(=O)C(=O)OC(=O)c1ccccc1.[NaH].[NaH]. The minimum atomic E-state index is -1.14. The molecule has 0 aliphatic heterocycles. The predicted octanol–water partition coefficient (Wildman–Crippen LogP) is -0.338. The molecule has 0 radical (unpaired) electrons. The molecule has 1 rings (SSSR count). The maximum absolute atomic E-state index is 11.2. The van der Waals surface area contributed by atoms with Crippen molar-refractivity contribution < 1.29 is 19.1 Å². The molecule has 0 N–H and O–H groups in total. The number of Topliss-reactive ketones (excluding diaryl/α,β-unsaturated/α-hetero) is 1. The summed E-state index contributed by atoms with van der Waals surface area (Å²) in [4.78, 5) is 32.4. The van der Waals surface area contributed by atoms with Gasteiger partial charge in [0.2, 0.25) is 5.78 Å². The normalized spacial score (nSPS) is 8.06. The van der Waals surface area contributed by atoms with Gasteiger partial charge in [-0.25, -0.2) is 9.59 Å². The van der Waals surface area contributed by atoms with E-state index >= 15 is 0 Å². The van der Waals surface area contributed by atoms with Gasteiger partial charge in [-0.15, -0.1) is 0 Å². The number of benzene rings is 1. The second-order valence-electron chi connectivity index (χ2n) is 2.60. The van der Waals surface area contributed by atoms with Crippen LogP contribution in [-0.2, 0) is 14.3 Å². The summed E-state index contributed by atoms with van der Waals surface area (Å²) in [5.74, 6) is -2.75. The number of hydrogen-bond acceptors (Lipinski definition) is 4. The molecule has 0 atom stereocenters. The number of carbonyl (C=O) groups excluding carboxylic acids is 3. The van der Waals surface area contributed by atoms with E-state index < -0.39 is 17.7 Å². The van der Waals surface area contributed by atoms with Crippen LogP contribution in [0.5, 0.6) is 0 Å². The van der Waals surface area contributed by atoms with Crippen LogP contribution in [0.15, 0.2) is 30.3 Å². The number of hydrogen-bond donors (Lipinski definition) is 0. The molecule has 0 unspecified atom stereocenters. The van der Waals surface area contributed by atoms with E-state index in [0.717, 1.165) is 6.92 Å². The summed E-state index contributed by atoms with van der Waals surface area (Å²) in [5, 5.41) is 0. The molecule has 16 heavy (non-hydrogen) atoms. The molecule has 0 heterocycles. The van der Waals surface area contributed by atoms with Crippen LogP contribution in [-0.4, -0.2) is 76.8 Å². The zero-order valence-corrected chi connectivity index (χ0v) is 7.52. The third-order valence-electron chi connectivity index (χ3n) is 1.48. The third kappa shape index (κ3) is 5.94. The van der Waals surface area contributed by atoms with Crippen LogP contribution in [0.1, 0.15) is 17.3 Å². The van der Waals surface area contributed by atoms with Gasteiger partial charge in [0.1, 0.15) is 0 Å². The Labute approximate surface area is 137 Å². The molecule has 1 aromatic rings. The van der Waals surface area contributed by atoms with Gasteiger partial charge >= 0.3 is 71.1 Å². The first-order chi connectivity index (χ1) is 6.61. The predicted molar refractivity (Wildman–Crippen MR) is 61.8 cm³/mol. The van der Waals surface area contributed by atoms with Crippen molar-refractivity contribution in [2.24, 2.45) is 0 Å². The molecule has 0 aliphatic carbocycles. The fourth-order valence-corrected chi connectivity index (χ4v) is 0.789. The van der Waals surface area contributed by atoms with Gasteiger partial charge in [0.25, 0.3) is 0 Å². The molecule has 0 aliphatic rings. The first-order valence-corrected chi connectivity index (χ1v) is 3.93. The van der Waals surface area contributed by atoms with E-state index in [0.29, 0.717) is 0 Å². The van der Waals surface area contributed by atoms with Crippen molar-refractivity contribution in [3.8, 4) is 0 Å². The van der Waals surface area contributed by atoms with Gasteiger partial charge in [0.15, 0.2) is 0 Å². The van der Waals surface area contributed by atoms with Crippen LogP contribution >= 0.6 is 0 Å². The summed E-state index contributed by atoms with van der Waals surface area (Å²) in [6.45, 7) is 1.04. The molecule has 0 bridgehead atoms. The molecular weight excluding hydrogens is 230 g/mol. The van der Waals surface area contributed by atoms with Crippen molar-refractivity contribution >= 4 is 76.8 Å². The molecule has 0 aromatic heterocycles. The molecule has 6 heteroatoms. The van der Waals surface area contributed by atoms with Crippen molar-refractivity contribution in [2.45, 2.75) is 6.92 Å². The summed E-state index contributed by atoms with van der Waals surface area (Å²) in [6, 6.07) is 7.98. The monoisotopic (exact) mass is 240 g/mol. The van der Waals surface area contributed by atoms with E-state index in [1.54, 1.807) is 18.2 Å². The van der Waals surface area contributed by atoms with Crippen molar-refractivity contribution in [3.05, 3.63) is 35.9 Å². The molecule has 1 aromatic carbocycles. The quantitative estimate of drug-likeness (QED) is 0.307. The number of carbonyl (C=O) groups is 3. The van der Waals surface area contributed by atoms with Crippen LogP contribution in [0, 0.1) is 0 Å². The zero-order valence-electron chi connectivity index (χ0n) is 7.52. The van der Waals surface area contributed by atoms with Gasteiger partial charge in [0, 0.05) is 6.92 Å². The van der Waals surface area contributed by atoms with Crippen LogP contribution in [0.4, 0.5) is 0 Å². The number of ether oxygens (including phenoxy) is 1. The van der Waals surface area contributed by atoms with Crippen molar-refractivity contribution in [3.63, 3.8) is 0 Å². The van der Waals surface area contributed by atoms with Gasteiger partial charge in [-0.2, -0.15) is 0 Å². The molecule has 0 saturated carbocycles. The average Bonchev–Trinajstić information content (AvgIpc) is 2.19. The summed E-state index contributed by atoms with van der Waals surface area (Å²) in [7, 11) is 0. The zero-order chi connectivity index (χ0) is 10.6. The van der Waals surface area contributed by atoms with E-state index in [1.165, 1.54) is 12.1 Å². The molecule has 0 spiro atoms. The van der Waals surface area contributed by atoms with E-state index in [1.807, 2.05) is 0 Å². The van der Waals surface area contributed by atoms with E-state index in [9.17, 15) is 14.4 Å². The molecule has 76 valence electrons. The van der Waals surface area contributed by atoms with Crippen LogP contribution in [0.2, 0.25) is 0 Å². The topological polar surface area (TPSA) is 60.4 Å². The Morgan fingerprint density at radius 2 is 1.50 bits per heavy atom. The second kappa shape index (κ2) is 9.10. The molecule has 4 nitrogen and oxygen atoms in total. The molecule has 0 fully saturated rings. The Hall–Kier alpha value is 0.0300. The summed E-state index contributed by atoms with van der Waals surface area (Å²) >= 11 is 0. The fourth-order valence-electron chi connectivity index (χ4n) is 0.789. The average molecular weight is 240 g/mol. The van der Waals surface area contributed by atoms with Crippen LogP contribution in [0.25, 0.3) is 0 Å². The van der Waals surface area contributed by atoms with Crippen molar-refractivity contribution in [1.82, 2.24) is 0 Å².